The van der Waals surface area contributed by atoms with Crippen LogP contribution < -0.4 is 11.1 Å². The molecule has 0 spiro atoms. The molecule has 0 atom stereocenters. The Morgan fingerprint density at radius 2 is 2.00 bits per heavy atom. The number of methoxy groups -OCH3 is 1. The first-order chi connectivity index (χ1) is 11.0. The average molecular weight is 313 g/mol. The first-order valence-corrected chi connectivity index (χ1v) is 7.70. The molecule has 0 bridgehead atoms. The van der Waals surface area contributed by atoms with Crippen LogP contribution in [0.5, 0.6) is 0 Å². The smallest absolute Gasteiger partial charge is 0.259 e. The van der Waals surface area contributed by atoms with E-state index in [-0.39, 0.29) is 11.7 Å². The highest BCUT2D eigenvalue weighted by Gasteiger charge is 2.14. The van der Waals surface area contributed by atoms with Crippen LogP contribution in [0.1, 0.15) is 40.5 Å². The molecule has 5 heteroatoms. The Morgan fingerprint density at radius 3 is 2.61 bits per heavy atom. The van der Waals surface area contributed by atoms with Crippen LogP contribution in [0.2, 0.25) is 0 Å². The van der Waals surface area contributed by atoms with Crippen molar-refractivity contribution < 1.29 is 9.53 Å². The fourth-order valence-corrected chi connectivity index (χ4v) is 2.37. The third-order valence-corrected chi connectivity index (χ3v) is 3.62. The van der Waals surface area contributed by atoms with E-state index in [2.05, 4.69) is 17.2 Å². The van der Waals surface area contributed by atoms with Gasteiger partial charge in [0.2, 0.25) is 0 Å². The second-order valence-corrected chi connectivity index (χ2v) is 5.52. The number of anilines is 2. The lowest BCUT2D eigenvalue weighted by Gasteiger charge is -2.11. The minimum Gasteiger partial charge on any atom is -0.383 e. The van der Waals surface area contributed by atoms with Crippen molar-refractivity contribution in [2.24, 2.45) is 0 Å². The van der Waals surface area contributed by atoms with Crippen molar-refractivity contribution in [1.82, 2.24) is 4.98 Å². The Bertz CT molecular complexity index is 681. The summed E-state index contributed by atoms with van der Waals surface area (Å²) in [4.78, 5) is 16.7. The van der Waals surface area contributed by atoms with Crippen molar-refractivity contribution in [3.05, 3.63) is 52.7 Å². The number of nitrogen functional groups attached to an aromatic ring is 1. The number of nitrogens with two attached hydrogens (primary N) is 1. The molecular formula is C18H23N3O2. The lowest BCUT2D eigenvalue weighted by atomic mass is 10.1. The van der Waals surface area contributed by atoms with Gasteiger partial charge in [-0.2, -0.15) is 0 Å². The summed E-state index contributed by atoms with van der Waals surface area (Å²) in [5.41, 5.74) is 9.91. The number of ether oxygens (including phenoxy) is 1. The third kappa shape index (κ3) is 4.29. The van der Waals surface area contributed by atoms with Crippen LogP contribution in [-0.4, -0.2) is 18.0 Å². The zero-order chi connectivity index (χ0) is 16.8. The predicted molar refractivity (Wildman–Crippen MR) is 92.5 cm³/mol. The number of carbonyl (C=O) groups excluding carboxylic acids is 1. The summed E-state index contributed by atoms with van der Waals surface area (Å²) in [5, 5.41) is 2.86. The van der Waals surface area contributed by atoms with Crippen LogP contribution in [0, 0.1) is 6.92 Å². The maximum Gasteiger partial charge on any atom is 0.259 e. The number of hydrogen-bond donors (Lipinski definition) is 2. The normalized spacial score (nSPS) is 10.6. The second-order valence-electron chi connectivity index (χ2n) is 5.52. The molecule has 0 aliphatic heterocycles. The van der Waals surface area contributed by atoms with Crippen LogP contribution in [0.3, 0.4) is 0 Å². The number of hydrogen-bond acceptors (Lipinski definition) is 4. The lowest BCUT2D eigenvalue weighted by molar-refractivity contribution is 0.102. The molecular weight excluding hydrogens is 290 g/mol. The molecule has 0 aliphatic rings. The summed E-state index contributed by atoms with van der Waals surface area (Å²) in [6, 6.07) is 9.59. The van der Waals surface area contributed by atoms with E-state index < -0.39 is 0 Å². The largest absolute Gasteiger partial charge is 0.383 e. The van der Waals surface area contributed by atoms with E-state index >= 15 is 0 Å². The van der Waals surface area contributed by atoms with E-state index in [0.717, 1.165) is 29.8 Å². The van der Waals surface area contributed by atoms with Crippen molar-refractivity contribution >= 4 is 17.4 Å². The van der Waals surface area contributed by atoms with Crippen LogP contribution in [0.15, 0.2) is 30.3 Å². The standard InChI is InChI=1S/C18H23N3O2/c1-4-5-13-6-8-14(9-7-13)20-18(22)15-10-12(2)16(11-23-3)21-17(15)19/h6-10H,4-5,11H2,1-3H3,(H2,19,21)(H,20,22). The van der Waals surface area contributed by atoms with Gasteiger partial charge in [-0.15, -0.1) is 0 Å². The lowest BCUT2D eigenvalue weighted by Crippen LogP contribution is -2.16. The average Bonchev–Trinajstić information content (AvgIpc) is 2.53. The van der Waals surface area contributed by atoms with Gasteiger partial charge in [0.15, 0.2) is 0 Å². The van der Waals surface area contributed by atoms with E-state index in [4.69, 9.17) is 10.5 Å². The highest BCUT2D eigenvalue weighted by Crippen LogP contribution is 2.18. The number of nitrogens with zero attached hydrogens (tertiary/aromatic N) is 1. The number of carbonyl (C=O) groups is 1. The zero-order valence-corrected chi connectivity index (χ0v) is 13.8. The summed E-state index contributed by atoms with van der Waals surface area (Å²) in [7, 11) is 1.60. The first-order valence-electron chi connectivity index (χ1n) is 7.70. The van der Waals surface area contributed by atoms with E-state index in [0.29, 0.717) is 12.2 Å². The minimum atomic E-state index is -0.259. The Morgan fingerprint density at radius 1 is 1.30 bits per heavy atom. The molecule has 0 aliphatic carbocycles. The number of benzene rings is 1. The molecule has 3 N–H and O–H groups in total. The van der Waals surface area contributed by atoms with Gasteiger partial charge in [0.05, 0.1) is 17.9 Å². The molecule has 1 heterocycles. The minimum absolute atomic E-state index is 0.211. The Hall–Kier alpha value is -2.40. The van der Waals surface area contributed by atoms with Gasteiger partial charge in [-0.25, -0.2) is 4.98 Å². The number of aromatic nitrogens is 1. The Balaban J connectivity index is 2.15. The number of rotatable bonds is 6. The fourth-order valence-electron chi connectivity index (χ4n) is 2.37. The van der Waals surface area contributed by atoms with E-state index in [1.54, 1.807) is 13.2 Å². The molecule has 0 fully saturated rings. The van der Waals surface area contributed by atoms with Gasteiger partial charge in [0.1, 0.15) is 5.82 Å². The Labute approximate surface area is 136 Å². The molecule has 2 aromatic rings. The van der Waals surface area contributed by atoms with Crippen molar-refractivity contribution in [2.75, 3.05) is 18.2 Å². The van der Waals surface area contributed by atoms with Crippen LogP contribution in [0.4, 0.5) is 11.5 Å². The van der Waals surface area contributed by atoms with Gasteiger partial charge in [-0.3, -0.25) is 4.79 Å². The van der Waals surface area contributed by atoms with Crippen molar-refractivity contribution in [2.45, 2.75) is 33.3 Å². The van der Waals surface area contributed by atoms with Crippen molar-refractivity contribution in [3.63, 3.8) is 0 Å². The molecule has 2 rings (SSSR count). The topological polar surface area (TPSA) is 77.2 Å². The van der Waals surface area contributed by atoms with Gasteiger partial charge < -0.3 is 15.8 Å². The summed E-state index contributed by atoms with van der Waals surface area (Å²) in [6.45, 7) is 4.40. The van der Waals surface area contributed by atoms with Crippen LogP contribution in [-0.2, 0) is 17.8 Å². The monoisotopic (exact) mass is 313 g/mol. The molecule has 0 unspecified atom stereocenters. The molecule has 0 saturated carbocycles. The molecule has 122 valence electrons. The van der Waals surface area contributed by atoms with E-state index in [9.17, 15) is 4.79 Å². The van der Waals surface area contributed by atoms with Gasteiger partial charge in [-0.05, 0) is 42.7 Å². The summed E-state index contributed by atoms with van der Waals surface area (Å²) < 4.78 is 5.07. The number of amides is 1. The molecule has 5 nitrogen and oxygen atoms in total. The first kappa shape index (κ1) is 17.0. The fraction of sp³-hybridized carbons (Fsp3) is 0.333. The van der Waals surface area contributed by atoms with Gasteiger partial charge in [-0.1, -0.05) is 25.5 Å². The highest BCUT2D eigenvalue weighted by molar-refractivity contribution is 6.07. The van der Waals surface area contributed by atoms with E-state index in [1.807, 2.05) is 31.2 Å². The molecule has 23 heavy (non-hydrogen) atoms. The van der Waals surface area contributed by atoms with Crippen LogP contribution in [0.25, 0.3) is 0 Å². The summed E-state index contributed by atoms with van der Waals surface area (Å²) in [6.07, 6.45) is 2.13. The number of nitrogens with one attached hydrogen (secondary N) is 1. The highest BCUT2D eigenvalue weighted by atomic mass is 16.5. The van der Waals surface area contributed by atoms with Crippen molar-refractivity contribution in [1.29, 1.82) is 0 Å². The van der Waals surface area contributed by atoms with Gasteiger partial charge >= 0.3 is 0 Å². The summed E-state index contributed by atoms with van der Waals surface area (Å²) in [5.74, 6) is -0.0481. The molecule has 1 aromatic heterocycles. The number of aryl methyl sites for hydroxylation is 2. The predicted octanol–water partition coefficient (Wildman–Crippen LogP) is 3.32. The molecule has 0 saturated heterocycles. The molecule has 0 radical (unpaired) electrons. The quantitative estimate of drug-likeness (QED) is 0.857. The Kier molecular flexibility index (Phi) is 5.71. The number of pyridine rings is 1. The zero-order valence-electron chi connectivity index (χ0n) is 13.8. The third-order valence-electron chi connectivity index (χ3n) is 3.62. The van der Waals surface area contributed by atoms with Crippen LogP contribution >= 0.6 is 0 Å². The SMILES string of the molecule is CCCc1ccc(NC(=O)c2cc(C)c(COC)nc2N)cc1. The maximum absolute atomic E-state index is 12.4. The maximum atomic E-state index is 12.4. The van der Waals surface area contributed by atoms with Gasteiger partial charge in [0, 0.05) is 12.8 Å². The summed E-state index contributed by atoms with van der Waals surface area (Å²) >= 11 is 0. The van der Waals surface area contributed by atoms with E-state index in [1.165, 1.54) is 5.56 Å². The second kappa shape index (κ2) is 7.74. The molecule has 1 aromatic carbocycles. The molecule has 1 amide bonds. The van der Waals surface area contributed by atoms with Gasteiger partial charge in [0.25, 0.3) is 5.91 Å². The van der Waals surface area contributed by atoms with Crippen molar-refractivity contribution in [3.8, 4) is 0 Å².